The minimum absolute atomic E-state index is 0.165. The van der Waals surface area contributed by atoms with E-state index < -0.39 is 5.97 Å². The Kier molecular flexibility index (Phi) is 2.82. The lowest BCUT2D eigenvalue weighted by molar-refractivity contribution is -0.103. The van der Waals surface area contributed by atoms with Crippen molar-refractivity contribution in [3.05, 3.63) is 35.4 Å². The van der Waals surface area contributed by atoms with E-state index in [9.17, 15) is 9.59 Å². The van der Waals surface area contributed by atoms with E-state index in [-0.39, 0.29) is 5.56 Å². The third-order valence-corrected chi connectivity index (χ3v) is 1.38. The minimum Gasteiger partial charge on any atom is -0.478 e. The van der Waals surface area contributed by atoms with Crippen LogP contribution in [0.2, 0.25) is 0 Å². The van der Waals surface area contributed by atoms with Crippen LogP contribution >= 0.6 is 0 Å². The molecular weight excluding hydrogens is 168 g/mol. The number of benzene rings is 1. The van der Waals surface area contributed by atoms with Crippen LogP contribution in [0.3, 0.4) is 0 Å². The fourth-order valence-corrected chi connectivity index (χ4v) is 0.843. The van der Waals surface area contributed by atoms with Crippen molar-refractivity contribution in [3.63, 3.8) is 0 Å². The summed E-state index contributed by atoms with van der Waals surface area (Å²) < 4.78 is 0. The third kappa shape index (κ3) is 2.46. The van der Waals surface area contributed by atoms with Crippen LogP contribution in [-0.4, -0.2) is 17.4 Å². The Morgan fingerprint density at radius 2 is 2.23 bits per heavy atom. The van der Waals surface area contributed by atoms with E-state index in [2.05, 4.69) is 11.8 Å². The highest BCUT2D eigenvalue weighted by molar-refractivity contribution is 5.88. The number of aromatic carboxylic acids is 1. The van der Waals surface area contributed by atoms with Crippen LogP contribution in [0.4, 0.5) is 0 Å². The van der Waals surface area contributed by atoms with Crippen molar-refractivity contribution in [2.45, 2.75) is 0 Å². The lowest BCUT2D eigenvalue weighted by atomic mass is 10.1. The van der Waals surface area contributed by atoms with E-state index in [0.29, 0.717) is 11.8 Å². The van der Waals surface area contributed by atoms with Gasteiger partial charge in [0.1, 0.15) is 0 Å². The third-order valence-electron chi connectivity index (χ3n) is 1.38. The number of carboxylic acids is 1. The van der Waals surface area contributed by atoms with E-state index >= 15 is 0 Å². The maximum absolute atomic E-state index is 10.5. The number of aldehydes is 1. The molecule has 3 nitrogen and oxygen atoms in total. The Hall–Kier alpha value is -2.08. The minimum atomic E-state index is -1.00. The first kappa shape index (κ1) is 9.01. The highest BCUT2D eigenvalue weighted by Gasteiger charge is 2.00. The number of hydrogen-bond acceptors (Lipinski definition) is 2. The molecule has 64 valence electrons. The van der Waals surface area contributed by atoms with Gasteiger partial charge in [0.2, 0.25) is 0 Å². The molecule has 0 aliphatic heterocycles. The van der Waals surface area contributed by atoms with Crippen LogP contribution in [0.5, 0.6) is 0 Å². The lowest BCUT2D eigenvalue weighted by Gasteiger charge is -1.93. The standard InChI is InChI=1S/C10H6O3/c11-6-2-4-8-3-1-5-9(7-8)10(12)13/h1,3,5-7H,(H,12,13). The van der Waals surface area contributed by atoms with Crippen molar-refractivity contribution in [2.24, 2.45) is 0 Å². The predicted octanol–water partition coefficient (Wildman–Crippen LogP) is 0.935. The molecule has 0 spiro atoms. The van der Waals surface area contributed by atoms with Gasteiger partial charge in [0, 0.05) is 5.56 Å². The highest BCUT2D eigenvalue weighted by Crippen LogP contribution is 2.03. The number of hydrogen-bond donors (Lipinski definition) is 1. The fraction of sp³-hybridized carbons (Fsp3) is 0. The monoisotopic (exact) mass is 174 g/mol. The Labute approximate surface area is 75.0 Å². The second-order valence-electron chi connectivity index (χ2n) is 2.27. The van der Waals surface area contributed by atoms with Gasteiger partial charge in [0.05, 0.1) is 5.56 Å². The Balaban J connectivity index is 3.05. The van der Waals surface area contributed by atoms with Crippen molar-refractivity contribution < 1.29 is 14.7 Å². The molecule has 0 aromatic heterocycles. The van der Waals surface area contributed by atoms with Crippen LogP contribution in [-0.2, 0) is 4.79 Å². The van der Waals surface area contributed by atoms with Crippen molar-refractivity contribution in [2.75, 3.05) is 0 Å². The number of rotatable bonds is 1. The van der Waals surface area contributed by atoms with Crippen molar-refractivity contribution in [1.29, 1.82) is 0 Å². The lowest BCUT2D eigenvalue weighted by Crippen LogP contribution is -1.95. The molecule has 0 fully saturated rings. The normalized spacial score (nSPS) is 8.31. The summed E-state index contributed by atoms with van der Waals surface area (Å²) in [5, 5.41) is 8.62. The molecule has 1 N–H and O–H groups in total. The summed E-state index contributed by atoms with van der Waals surface area (Å²) in [5.41, 5.74) is 0.685. The van der Waals surface area contributed by atoms with Crippen molar-refractivity contribution in [1.82, 2.24) is 0 Å². The molecule has 0 unspecified atom stereocenters. The van der Waals surface area contributed by atoms with Gasteiger partial charge >= 0.3 is 5.97 Å². The number of carboxylic acid groups (broad SMARTS) is 1. The molecule has 13 heavy (non-hydrogen) atoms. The van der Waals surface area contributed by atoms with Gasteiger partial charge in [0.15, 0.2) is 6.29 Å². The van der Waals surface area contributed by atoms with Gasteiger partial charge in [-0.05, 0) is 24.1 Å². The highest BCUT2D eigenvalue weighted by atomic mass is 16.4. The van der Waals surface area contributed by atoms with Gasteiger partial charge in [-0.3, -0.25) is 4.79 Å². The summed E-state index contributed by atoms with van der Waals surface area (Å²) in [6.07, 6.45) is 0.466. The maximum Gasteiger partial charge on any atom is 0.335 e. The van der Waals surface area contributed by atoms with Crippen LogP contribution < -0.4 is 0 Å². The molecule has 0 saturated heterocycles. The first-order chi connectivity index (χ1) is 6.24. The molecule has 3 heteroatoms. The Morgan fingerprint density at radius 3 is 2.85 bits per heavy atom. The molecular formula is C10H6O3. The second-order valence-corrected chi connectivity index (χ2v) is 2.27. The van der Waals surface area contributed by atoms with E-state index in [1.54, 1.807) is 12.1 Å². The molecule has 1 rings (SSSR count). The molecule has 0 atom stereocenters. The molecule has 1 aromatic rings. The van der Waals surface area contributed by atoms with E-state index in [1.165, 1.54) is 12.1 Å². The van der Waals surface area contributed by atoms with Gasteiger partial charge in [0.25, 0.3) is 0 Å². The van der Waals surface area contributed by atoms with Crippen LogP contribution in [0, 0.1) is 11.8 Å². The first-order valence-electron chi connectivity index (χ1n) is 3.52. The maximum atomic E-state index is 10.5. The van der Waals surface area contributed by atoms with Crippen LogP contribution in [0.15, 0.2) is 24.3 Å². The van der Waals surface area contributed by atoms with E-state index in [1.807, 2.05) is 0 Å². The van der Waals surface area contributed by atoms with Crippen molar-refractivity contribution >= 4 is 12.3 Å². The largest absolute Gasteiger partial charge is 0.478 e. The topological polar surface area (TPSA) is 54.4 Å². The molecule has 0 aliphatic carbocycles. The average molecular weight is 174 g/mol. The van der Waals surface area contributed by atoms with E-state index in [4.69, 9.17) is 5.11 Å². The summed E-state index contributed by atoms with van der Waals surface area (Å²) in [6.45, 7) is 0. The zero-order valence-electron chi connectivity index (χ0n) is 6.65. The SMILES string of the molecule is O=CC#Cc1cccc(C(=O)O)c1. The molecule has 0 radical (unpaired) electrons. The second kappa shape index (κ2) is 4.07. The Morgan fingerprint density at radius 1 is 1.46 bits per heavy atom. The Bertz CT molecular complexity index is 396. The smallest absolute Gasteiger partial charge is 0.335 e. The summed E-state index contributed by atoms with van der Waals surface area (Å²) in [5.74, 6) is 3.71. The van der Waals surface area contributed by atoms with Crippen molar-refractivity contribution in [3.8, 4) is 11.8 Å². The molecule has 0 bridgehead atoms. The zero-order chi connectivity index (χ0) is 9.68. The first-order valence-corrected chi connectivity index (χ1v) is 3.52. The van der Waals surface area contributed by atoms with Gasteiger partial charge in [-0.2, -0.15) is 0 Å². The molecule has 0 aliphatic rings. The molecule has 0 heterocycles. The molecule has 0 amide bonds. The van der Waals surface area contributed by atoms with Gasteiger partial charge in [-0.1, -0.05) is 12.0 Å². The zero-order valence-corrected chi connectivity index (χ0v) is 6.65. The molecule has 1 aromatic carbocycles. The molecule has 0 saturated carbocycles. The van der Waals surface area contributed by atoms with Gasteiger partial charge in [-0.25, -0.2) is 4.79 Å². The average Bonchev–Trinajstić information content (AvgIpc) is 2.15. The summed E-state index contributed by atoms with van der Waals surface area (Å²) >= 11 is 0. The summed E-state index contributed by atoms with van der Waals surface area (Å²) in [7, 11) is 0. The summed E-state index contributed by atoms with van der Waals surface area (Å²) in [4.78, 5) is 20.4. The van der Waals surface area contributed by atoms with Crippen LogP contribution in [0.1, 0.15) is 15.9 Å². The number of carbonyl (C=O) groups excluding carboxylic acids is 1. The fourth-order valence-electron chi connectivity index (χ4n) is 0.843. The van der Waals surface area contributed by atoms with Gasteiger partial charge in [-0.15, -0.1) is 0 Å². The van der Waals surface area contributed by atoms with E-state index in [0.717, 1.165) is 0 Å². The number of carbonyl (C=O) groups is 2. The van der Waals surface area contributed by atoms with Gasteiger partial charge < -0.3 is 5.11 Å². The summed E-state index contributed by atoms with van der Waals surface area (Å²) in [6, 6.07) is 6.11. The van der Waals surface area contributed by atoms with Crippen LogP contribution in [0.25, 0.3) is 0 Å². The quantitative estimate of drug-likeness (QED) is 0.509. The predicted molar refractivity (Wildman–Crippen MR) is 46.3 cm³/mol.